The SMILES string of the molecule is CC/C=C\C/C=C\C/C=C\C/C=C\C/C=C\C/C=C\C/C=C\CCCCCC(=O)OCC(COC(=O)CCCCCCCCCC)OC(=O)CCCCC/C=C\C/C=C\C/C=C\C/C=C\C/C=C\C/C=C\C/C=C\CC. The molecule has 0 aliphatic heterocycles. The first kappa shape index (κ1) is 70.8. The zero-order valence-electron chi connectivity index (χ0n) is 48.4. The van der Waals surface area contributed by atoms with E-state index in [1.165, 1.54) is 32.1 Å². The van der Waals surface area contributed by atoms with Crippen LogP contribution in [-0.4, -0.2) is 37.2 Å². The van der Waals surface area contributed by atoms with E-state index in [1.54, 1.807) is 0 Å². The van der Waals surface area contributed by atoms with E-state index in [0.29, 0.717) is 19.3 Å². The van der Waals surface area contributed by atoms with Crippen molar-refractivity contribution in [3.63, 3.8) is 0 Å². The Kier molecular flexibility index (Phi) is 58.0. The molecule has 0 radical (unpaired) electrons. The fourth-order valence-corrected chi connectivity index (χ4v) is 7.52. The van der Waals surface area contributed by atoms with Crippen LogP contribution in [-0.2, 0) is 28.6 Å². The highest BCUT2D eigenvalue weighted by molar-refractivity contribution is 5.71. The summed E-state index contributed by atoms with van der Waals surface area (Å²) in [4.78, 5) is 38.1. The lowest BCUT2D eigenvalue weighted by Crippen LogP contribution is -2.30. The van der Waals surface area contributed by atoms with Crippen molar-refractivity contribution in [1.82, 2.24) is 0 Å². The molecule has 0 bridgehead atoms. The predicted molar refractivity (Wildman–Crippen MR) is 329 cm³/mol. The molecule has 1 unspecified atom stereocenters. The highest BCUT2D eigenvalue weighted by atomic mass is 16.6. The smallest absolute Gasteiger partial charge is 0.306 e. The van der Waals surface area contributed by atoms with Gasteiger partial charge in [0.25, 0.3) is 0 Å². The van der Waals surface area contributed by atoms with E-state index in [0.717, 1.165) is 154 Å². The van der Waals surface area contributed by atoms with E-state index in [4.69, 9.17) is 14.2 Å². The molecule has 424 valence electrons. The van der Waals surface area contributed by atoms with Gasteiger partial charge < -0.3 is 14.2 Å². The Balaban J connectivity index is 4.41. The molecule has 0 saturated carbocycles. The highest BCUT2D eigenvalue weighted by Gasteiger charge is 2.19. The Hall–Kier alpha value is -5.23. The largest absolute Gasteiger partial charge is 0.462 e. The second kappa shape index (κ2) is 62.3. The van der Waals surface area contributed by atoms with Crippen LogP contribution in [0.1, 0.15) is 233 Å². The van der Waals surface area contributed by atoms with Crippen LogP contribution in [0.4, 0.5) is 0 Å². The van der Waals surface area contributed by atoms with Crippen LogP contribution in [0.25, 0.3) is 0 Å². The maximum Gasteiger partial charge on any atom is 0.306 e. The Morgan fingerprint density at radius 3 is 0.803 bits per heavy atom. The van der Waals surface area contributed by atoms with E-state index in [9.17, 15) is 14.4 Å². The summed E-state index contributed by atoms with van der Waals surface area (Å²) in [5.74, 6) is -0.991. The van der Waals surface area contributed by atoms with Gasteiger partial charge in [0.05, 0.1) is 0 Å². The molecule has 0 N–H and O–H groups in total. The van der Waals surface area contributed by atoms with Crippen molar-refractivity contribution < 1.29 is 28.6 Å². The Morgan fingerprint density at radius 2 is 0.513 bits per heavy atom. The average molecular weight is 1050 g/mol. The lowest BCUT2D eigenvalue weighted by Gasteiger charge is -2.18. The molecule has 6 nitrogen and oxygen atoms in total. The van der Waals surface area contributed by atoms with E-state index in [1.807, 2.05) is 0 Å². The third-order valence-electron chi connectivity index (χ3n) is 12.0. The highest BCUT2D eigenvalue weighted by Crippen LogP contribution is 2.13. The fourth-order valence-electron chi connectivity index (χ4n) is 7.52. The fraction of sp³-hybridized carbons (Fsp3) is 0.557. The van der Waals surface area contributed by atoms with Gasteiger partial charge in [-0.2, -0.15) is 0 Å². The zero-order valence-corrected chi connectivity index (χ0v) is 48.4. The van der Waals surface area contributed by atoms with Crippen LogP contribution in [0.15, 0.2) is 170 Å². The molecule has 6 heteroatoms. The van der Waals surface area contributed by atoms with E-state index >= 15 is 0 Å². The number of carbonyl (C=O) groups excluding carboxylic acids is 3. The molecule has 1 atom stereocenters. The topological polar surface area (TPSA) is 78.9 Å². The summed E-state index contributed by atoms with van der Waals surface area (Å²) in [7, 11) is 0. The minimum absolute atomic E-state index is 0.110. The molecule has 0 aromatic carbocycles. The summed E-state index contributed by atoms with van der Waals surface area (Å²) in [6.45, 7) is 6.31. The van der Waals surface area contributed by atoms with Crippen LogP contribution in [0.2, 0.25) is 0 Å². The van der Waals surface area contributed by atoms with Gasteiger partial charge in [0.1, 0.15) is 13.2 Å². The molecule has 0 spiro atoms. The second-order valence-corrected chi connectivity index (χ2v) is 19.1. The van der Waals surface area contributed by atoms with Gasteiger partial charge >= 0.3 is 17.9 Å². The number of esters is 3. The molecular formula is C70H108O6. The average Bonchev–Trinajstić information content (AvgIpc) is 3.42. The second-order valence-electron chi connectivity index (χ2n) is 19.1. The van der Waals surface area contributed by atoms with Gasteiger partial charge in [-0.05, 0) is 135 Å². The molecule has 0 heterocycles. The molecule has 0 saturated heterocycles. The van der Waals surface area contributed by atoms with Gasteiger partial charge in [-0.1, -0.05) is 249 Å². The summed E-state index contributed by atoms with van der Waals surface area (Å²) in [6.07, 6.45) is 92.2. The third kappa shape index (κ3) is 59.6. The summed E-state index contributed by atoms with van der Waals surface area (Å²) in [5, 5.41) is 0. The number of ether oxygens (including phenoxy) is 3. The normalized spacial score (nSPS) is 13.4. The third-order valence-corrected chi connectivity index (χ3v) is 12.0. The lowest BCUT2D eigenvalue weighted by atomic mass is 10.1. The molecule has 0 aromatic heterocycles. The van der Waals surface area contributed by atoms with Crippen molar-refractivity contribution in [2.24, 2.45) is 0 Å². The molecule has 0 aliphatic carbocycles. The molecule has 76 heavy (non-hydrogen) atoms. The lowest BCUT2D eigenvalue weighted by molar-refractivity contribution is -0.167. The number of hydrogen-bond donors (Lipinski definition) is 0. The van der Waals surface area contributed by atoms with Crippen molar-refractivity contribution in [1.29, 1.82) is 0 Å². The standard InChI is InChI=1S/C70H108O6/c1-4-7-10-13-16-19-21-23-25-27-29-31-33-35-37-39-41-43-45-47-49-51-54-57-60-63-69(72)75-66-67(65-74-68(71)62-59-56-53-18-15-12-9-6-3)76-70(73)64-61-58-55-52-50-48-46-44-42-40-38-36-34-32-30-28-26-24-22-20-17-14-11-8-5-2/h7-8,10-11,16-17,19-20,23-26,29-32,35-38,41-44,47-50,67H,4-6,9,12-15,18,21-22,27-28,33-34,39-40,45-46,51-66H2,1-3H3/b10-7-,11-8-,19-16-,20-17-,25-23-,26-24-,31-29-,32-30-,37-35-,38-36-,43-41-,44-42-,49-47-,50-48-. The number of carbonyl (C=O) groups is 3. The number of unbranched alkanes of at least 4 members (excludes halogenated alkanes) is 13. The van der Waals surface area contributed by atoms with Crippen molar-refractivity contribution in [3.05, 3.63) is 170 Å². The minimum Gasteiger partial charge on any atom is -0.462 e. The van der Waals surface area contributed by atoms with Crippen LogP contribution in [0, 0.1) is 0 Å². The quantitative estimate of drug-likeness (QED) is 0.0261. The van der Waals surface area contributed by atoms with Crippen LogP contribution in [0.5, 0.6) is 0 Å². The summed E-state index contributed by atoms with van der Waals surface area (Å²) in [6, 6.07) is 0. The molecule has 0 aromatic rings. The van der Waals surface area contributed by atoms with E-state index in [2.05, 4.69) is 191 Å². The molecule has 0 aliphatic rings. The first-order valence-electron chi connectivity index (χ1n) is 30.1. The van der Waals surface area contributed by atoms with Crippen LogP contribution < -0.4 is 0 Å². The first-order chi connectivity index (χ1) is 37.5. The predicted octanol–water partition coefficient (Wildman–Crippen LogP) is 20.7. The van der Waals surface area contributed by atoms with Crippen molar-refractivity contribution in [3.8, 4) is 0 Å². The molecule has 0 rings (SSSR count). The van der Waals surface area contributed by atoms with E-state index in [-0.39, 0.29) is 37.5 Å². The monoisotopic (exact) mass is 1040 g/mol. The zero-order chi connectivity index (χ0) is 55.0. The summed E-state index contributed by atoms with van der Waals surface area (Å²) >= 11 is 0. The Bertz CT molecular complexity index is 1770. The van der Waals surface area contributed by atoms with Gasteiger partial charge in [0.2, 0.25) is 0 Å². The first-order valence-corrected chi connectivity index (χ1v) is 30.1. The maximum absolute atomic E-state index is 12.8. The van der Waals surface area contributed by atoms with Gasteiger partial charge in [-0.25, -0.2) is 0 Å². The molecular weight excluding hydrogens is 937 g/mol. The van der Waals surface area contributed by atoms with Gasteiger partial charge in [-0.15, -0.1) is 0 Å². The van der Waals surface area contributed by atoms with Gasteiger partial charge in [0.15, 0.2) is 6.10 Å². The van der Waals surface area contributed by atoms with Gasteiger partial charge in [-0.3, -0.25) is 14.4 Å². The van der Waals surface area contributed by atoms with Crippen LogP contribution >= 0.6 is 0 Å². The molecule has 0 amide bonds. The summed E-state index contributed by atoms with van der Waals surface area (Å²) in [5.41, 5.74) is 0. The maximum atomic E-state index is 12.8. The number of rotatable bonds is 52. The summed E-state index contributed by atoms with van der Waals surface area (Å²) < 4.78 is 16.8. The van der Waals surface area contributed by atoms with Crippen molar-refractivity contribution in [2.45, 2.75) is 239 Å². The Labute approximate surface area is 466 Å². The van der Waals surface area contributed by atoms with Crippen molar-refractivity contribution >= 4 is 17.9 Å². The van der Waals surface area contributed by atoms with Crippen molar-refractivity contribution in [2.75, 3.05) is 13.2 Å². The van der Waals surface area contributed by atoms with Gasteiger partial charge in [0, 0.05) is 19.3 Å². The van der Waals surface area contributed by atoms with Crippen LogP contribution in [0.3, 0.4) is 0 Å². The molecule has 0 fully saturated rings. The Morgan fingerprint density at radius 1 is 0.276 bits per heavy atom. The van der Waals surface area contributed by atoms with E-state index < -0.39 is 6.10 Å². The minimum atomic E-state index is -0.817. The number of hydrogen-bond acceptors (Lipinski definition) is 6. The number of allylic oxidation sites excluding steroid dienone is 28.